The monoisotopic (exact) mass is 431 g/mol. The van der Waals surface area contributed by atoms with Crippen LogP contribution in [-0.4, -0.2) is 49.1 Å². The van der Waals surface area contributed by atoms with Crippen molar-refractivity contribution in [3.05, 3.63) is 65.4 Å². The van der Waals surface area contributed by atoms with Gasteiger partial charge in [-0.2, -0.15) is 0 Å². The predicted molar refractivity (Wildman–Crippen MR) is 124 cm³/mol. The average molecular weight is 432 g/mol. The number of ether oxygens (including phenoxy) is 2. The zero-order chi connectivity index (χ0) is 22.3. The van der Waals surface area contributed by atoms with Crippen LogP contribution in [-0.2, 0) is 5.54 Å². The number of hydrogen-bond acceptors (Lipinski definition) is 5. The van der Waals surface area contributed by atoms with E-state index in [1.165, 1.54) is 0 Å². The standard InChI is InChI=1S/C26H29N3O3/c1-17-7-8-20(32-16-19-9-12-29(19)2)13-21(17)25(30)28-26(10-11-26)23-6-4-5-18-15-27-24(31-3)14-22(18)23/h4-8,13-15,19H,9-12,16H2,1-3H3,(H,28,30). The molecule has 166 valence electrons. The zero-order valence-electron chi connectivity index (χ0n) is 18.9. The predicted octanol–water partition coefficient (Wildman–Crippen LogP) is 4.05. The van der Waals surface area contributed by atoms with Crippen LogP contribution in [0, 0.1) is 6.92 Å². The van der Waals surface area contributed by atoms with Gasteiger partial charge in [0.1, 0.15) is 12.4 Å². The van der Waals surface area contributed by atoms with Crippen LogP contribution in [0.15, 0.2) is 48.7 Å². The van der Waals surface area contributed by atoms with Crippen LogP contribution >= 0.6 is 0 Å². The molecule has 2 heterocycles. The first-order valence-electron chi connectivity index (χ1n) is 11.2. The number of fused-ring (bicyclic) bond motifs is 1. The highest BCUT2D eigenvalue weighted by Crippen LogP contribution is 2.48. The number of carbonyl (C=O) groups is 1. The molecule has 2 fully saturated rings. The molecule has 5 rings (SSSR count). The number of aryl methyl sites for hydroxylation is 1. The van der Waals surface area contributed by atoms with E-state index in [0.717, 1.165) is 53.5 Å². The Hall–Kier alpha value is -3.12. The van der Waals surface area contributed by atoms with Gasteiger partial charge in [-0.15, -0.1) is 0 Å². The van der Waals surface area contributed by atoms with Gasteiger partial charge >= 0.3 is 0 Å². The molecule has 1 aromatic heterocycles. The summed E-state index contributed by atoms with van der Waals surface area (Å²) in [6.07, 6.45) is 4.79. The first-order chi connectivity index (χ1) is 15.5. The number of benzene rings is 2. The first kappa shape index (κ1) is 20.8. The number of amides is 1. The Morgan fingerprint density at radius 1 is 1.25 bits per heavy atom. The molecule has 6 nitrogen and oxygen atoms in total. The smallest absolute Gasteiger partial charge is 0.252 e. The molecule has 0 spiro atoms. The third-order valence-electron chi connectivity index (χ3n) is 6.90. The Bertz CT molecular complexity index is 1170. The number of methoxy groups -OCH3 is 1. The number of nitrogens with zero attached hydrogens (tertiary/aromatic N) is 2. The molecule has 1 saturated heterocycles. The van der Waals surface area contributed by atoms with Crippen molar-refractivity contribution in [2.75, 3.05) is 27.3 Å². The molecular weight excluding hydrogens is 402 g/mol. The van der Waals surface area contributed by atoms with Crippen molar-refractivity contribution in [2.24, 2.45) is 0 Å². The molecule has 1 amide bonds. The summed E-state index contributed by atoms with van der Waals surface area (Å²) in [7, 11) is 3.73. The minimum atomic E-state index is -0.360. The number of carbonyl (C=O) groups excluding carboxylic acids is 1. The number of aromatic nitrogens is 1. The molecule has 32 heavy (non-hydrogen) atoms. The molecule has 1 unspecified atom stereocenters. The lowest BCUT2D eigenvalue weighted by Gasteiger charge is -2.37. The van der Waals surface area contributed by atoms with Gasteiger partial charge in [0.15, 0.2) is 0 Å². The molecule has 3 aromatic rings. The summed E-state index contributed by atoms with van der Waals surface area (Å²) in [5.41, 5.74) is 2.36. The highest BCUT2D eigenvalue weighted by molar-refractivity contribution is 5.97. The maximum atomic E-state index is 13.4. The average Bonchev–Trinajstić information content (AvgIpc) is 3.58. The summed E-state index contributed by atoms with van der Waals surface area (Å²) in [5, 5.41) is 5.43. The molecule has 1 aliphatic heterocycles. The summed E-state index contributed by atoms with van der Waals surface area (Å²) in [5.74, 6) is 1.25. The number of rotatable bonds is 7. The van der Waals surface area contributed by atoms with E-state index < -0.39 is 0 Å². The molecule has 1 saturated carbocycles. The van der Waals surface area contributed by atoms with Crippen molar-refractivity contribution in [2.45, 2.75) is 37.8 Å². The molecule has 0 bridgehead atoms. The van der Waals surface area contributed by atoms with E-state index in [-0.39, 0.29) is 11.4 Å². The van der Waals surface area contributed by atoms with E-state index in [0.29, 0.717) is 24.1 Å². The second-order valence-electron chi connectivity index (χ2n) is 9.00. The van der Waals surface area contributed by atoms with E-state index in [4.69, 9.17) is 9.47 Å². The summed E-state index contributed by atoms with van der Waals surface area (Å²) >= 11 is 0. The van der Waals surface area contributed by atoms with Crippen molar-refractivity contribution < 1.29 is 14.3 Å². The SMILES string of the molecule is COc1cc2c(C3(NC(=O)c4cc(OCC5CCN5C)ccc4C)CC3)cccc2cn1. The van der Waals surface area contributed by atoms with Crippen molar-refractivity contribution >= 4 is 16.7 Å². The molecule has 0 radical (unpaired) electrons. The molecule has 6 heteroatoms. The topological polar surface area (TPSA) is 63.7 Å². The zero-order valence-corrected chi connectivity index (χ0v) is 18.9. The number of likely N-dealkylation sites (tertiary alicyclic amines) is 1. The summed E-state index contributed by atoms with van der Waals surface area (Å²) < 4.78 is 11.3. The highest BCUT2D eigenvalue weighted by atomic mass is 16.5. The molecule has 1 N–H and O–H groups in total. The normalized spacial score (nSPS) is 19.3. The Kier molecular flexibility index (Phi) is 5.25. The van der Waals surface area contributed by atoms with Crippen LogP contribution in [0.2, 0.25) is 0 Å². The lowest BCUT2D eigenvalue weighted by Crippen LogP contribution is -2.48. The van der Waals surface area contributed by atoms with Gasteiger partial charge in [0.2, 0.25) is 5.88 Å². The third-order valence-corrected chi connectivity index (χ3v) is 6.90. The lowest BCUT2D eigenvalue weighted by molar-refractivity contribution is 0.0767. The number of pyridine rings is 1. The van der Waals surface area contributed by atoms with Crippen LogP contribution in [0.5, 0.6) is 11.6 Å². The van der Waals surface area contributed by atoms with E-state index >= 15 is 0 Å². The quantitative estimate of drug-likeness (QED) is 0.611. The van der Waals surface area contributed by atoms with Gasteiger partial charge in [-0.05, 0) is 68.4 Å². The number of nitrogens with one attached hydrogen (secondary N) is 1. The maximum Gasteiger partial charge on any atom is 0.252 e. The molecule has 2 aliphatic rings. The Morgan fingerprint density at radius 2 is 2.09 bits per heavy atom. The number of hydrogen-bond donors (Lipinski definition) is 1. The maximum absolute atomic E-state index is 13.4. The second kappa shape index (κ2) is 8.10. The molecule has 1 aliphatic carbocycles. The lowest BCUT2D eigenvalue weighted by atomic mass is 9.97. The summed E-state index contributed by atoms with van der Waals surface area (Å²) in [4.78, 5) is 20.0. The summed E-state index contributed by atoms with van der Waals surface area (Å²) in [6, 6.07) is 14.3. The van der Waals surface area contributed by atoms with Crippen molar-refractivity contribution in [1.29, 1.82) is 0 Å². The van der Waals surface area contributed by atoms with E-state index in [9.17, 15) is 4.79 Å². The van der Waals surface area contributed by atoms with E-state index in [1.807, 2.05) is 49.5 Å². The fourth-order valence-electron chi connectivity index (χ4n) is 4.46. The fourth-order valence-corrected chi connectivity index (χ4v) is 4.46. The highest BCUT2D eigenvalue weighted by Gasteiger charge is 2.46. The Morgan fingerprint density at radius 3 is 2.78 bits per heavy atom. The van der Waals surface area contributed by atoms with Crippen molar-refractivity contribution in [3.63, 3.8) is 0 Å². The summed E-state index contributed by atoms with van der Waals surface area (Å²) in [6.45, 7) is 3.73. The van der Waals surface area contributed by atoms with Gasteiger partial charge < -0.3 is 14.8 Å². The second-order valence-corrected chi connectivity index (χ2v) is 9.00. The number of likely N-dealkylation sites (N-methyl/N-ethyl adjacent to an activating group) is 1. The van der Waals surface area contributed by atoms with Gasteiger partial charge in [0.05, 0.1) is 12.6 Å². The van der Waals surface area contributed by atoms with Crippen LogP contribution in [0.4, 0.5) is 0 Å². The van der Waals surface area contributed by atoms with Crippen LogP contribution in [0.1, 0.15) is 40.7 Å². The van der Waals surface area contributed by atoms with Gasteiger partial charge in [0.25, 0.3) is 5.91 Å². The van der Waals surface area contributed by atoms with Crippen LogP contribution in [0.25, 0.3) is 10.8 Å². The van der Waals surface area contributed by atoms with E-state index in [1.54, 1.807) is 7.11 Å². The van der Waals surface area contributed by atoms with Crippen LogP contribution < -0.4 is 14.8 Å². The van der Waals surface area contributed by atoms with E-state index in [2.05, 4.69) is 28.3 Å². The van der Waals surface area contributed by atoms with Gasteiger partial charge in [-0.1, -0.05) is 24.3 Å². The molecule has 1 atom stereocenters. The minimum Gasteiger partial charge on any atom is -0.492 e. The van der Waals surface area contributed by atoms with Gasteiger partial charge in [-0.25, -0.2) is 4.98 Å². The largest absolute Gasteiger partial charge is 0.492 e. The Labute approximate surface area is 188 Å². The van der Waals surface area contributed by atoms with Gasteiger partial charge in [-0.3, -0.25) is 9.69 Å². The Balaban J connectivity index is 1.38. The minimum absolute atomic E-state index is 0.0655. The van der Waals surface area contributed by atoms with Gasteiger partial charge in [0, 0.05) is 29.3 Å². The fraction of sp³-hybridized carbons (Fsp3) is 0.385. The third kappa shape index (κ3) is 3.79. The molecular formula is C26H29N3O3. The van der Waals surface area contributed by atoms with Crippen molar-refractivity contribution in [1.82, 2.24) is 15.2 Å². The van der Waals surface area contributed by atoms with Crippen LogP contribution in [0.3, 0.4) is 0 Å². The van der Waals surface area contributed by atoms with Crippen molar-refractivity contribution in [3.8, 4) is 11.6 Å². The molecule has 2 aromatic carbocycles. The first-order valence-corrected chi connectivity index (χ1v) is 11.2.